The summed E-state index contributed by atoms with van der Waals surface area (Å²) >= 11 is 0. The highest BCUT2D eigenvalue weighted by atomic mass is 19.4. The minimum atomic E-state index is -4.44. The maximum absolute atomic E-state index is 13.1. The summed E-state index contributed by atoms with van der Waals surface area (Å²) in [6.07, 6.45) is -3.93. The standard InChI is InChI=1S/C12H17F3N4/c1-3-19(4-2)11-17-9-5-6-16-7-8(9)10(18-11)12(13,14)15/h16H,3-7H2,1-2H3. The molecule has 0 bridgehead atoms. The molecule has 1 aliphatic rings. The first-order valence-corrected chi connectivity index (χ1v) is 6.40. The van der Waals surface area contributed by atoms with Crippen LogP contribution >= 0.6 is 0 Å². The van der Waals surface area contributed by atoms with Gasteiger partial charge in [-0.15, -0.1) is 0 Å². The van der Waals surface area contributed by atoms with Crippen molar-refractivity contribution in [2.75, 3.05) is 24.5 Å². The summed E-state index contributed by atoms with van der Waals surface area (Å²) in [5, 5.41) is 2.94. The molecule has 0 saturated heterocycles. The molecule has 1 aliphatic heterocycles. The number of alkyl halides is 3. The summed E-state index contributed by atoms with van der Waals surface area (Å²) in [5.74, 6) is 0.179. The molecule has 1 N–H and O–H groups in total. The fourth-order valence-electron chi connectivity index (χ4n) is 2.21. The second kappa shape index (κ2) is 5.32. The van der Waals surface area contributed by atoms with Gasteiger partial charge in [0.25, 0.3) is 0 Å². The second-order valence-electron chi connectivity index (χ2n) is 4.39. The van der Waals surface area contributed by atoms with Crippen LogP contribution in [0.5, 0.6) is 0 Å². The zero-order valence-corrected chi connectivity index (χ0v) is 11.0. The molecular formula is C12H17F3N4. The molecular weight excluding hydrogens is 257 g/mol. The first kappa shape index (κ1) is 14.0. The van der Waals surface area contributed by atoms with Crippen LogP contribution < -0.4 is 10.2 Å². The number of halogens is 3. The Bertz CT molecular complexity index is 455. The van der Waals surface area contributed by atoms with Gasteiger partial charge in [0.2, 0.25) is 5.95 Å². The molecule has 0 spiro atoms. The summed E-state index contributed by atoms with van der Waals surface area (Å²) in [7, 11) is 0. The van der Waals surface area contributed by atoms with Gasteiger partial charge >= 0.3 is 6.18 Å². The Balaban J connectivity index is 2.54. The van der Waals surface area contributed by atoms with E-state index in [1.54, 1.807) is 4.90 Å². The Kier molecular flexibility index (Phi) is 3.93. The van der Waals surface area contributed by atoms with Crippen LogP contribution in [0.3, 0.4) is 0 Å². The van der Waals surface area contributed by atoms with Gasteiger partial charge in [-0.1, -0.05) is 0 Å². The van der Waals surface area contributed by atoms with Gasteiger partial charge in [0, 0.05) is 38.2 Å². The van der Waals surface area contributed by atoms with E-state index in [4.69, 9.17) is 0 Å². The number of nitrogens with zero attached hydrogens (tertiary/aromatic N) is 3. The van der Waals surface area contributed by atoms with E-state index in [1.165, 1.54) is 0 Å². The van der Waals surface area contributed by atoms with E-state index in [0.717, 1.165) is 0 Å². The first-order chi connectivity index (χ1) is 8.97. The highest BCUT2D eigenvalue weighted by Gasteiger charge is 2.38. The van der Waals surface area contributed by atoms with Gasteiger partial charge in [0.05, 0.1) is 5.69 Å². The molecule has 0 fully saturated rings. The van der Waals surface area contributed by atoms with E-state index < -0.39 is 11.9 Å². The van der Waals surface area contributed by atoms with Crippen molar-refractivity contribution in [3.63, 3.8) is 0 Å². The zero-order chi connectivity index (χ0) is 14.0. The molecule has 0 amide bonds. The van der Waals surface area contributed by atoms with Crippen LogP contribution in [0.15, 0.2) is 0 Å². The fraction of sp³-hybridized carbons (Fsp3) is 0.667. The second-order valence-corrected chi connectivity index (χ2v) is 4.39. The number of rotatable bonds is 3. The molecule has 19 heavy (non-hydrogen) atoms. The van der Waals surface area contributed by atoms with Gasteiger partial charge in [0.15, 0.2) is 5.69 Å². The summed E-state index contributed by atoms with van der Waals surface area (Å²) in [6.45, 7) is 5.76. The molecule has 0 atom stereocenters. The molecule has 0 radical (unpaired) electrons. The average molecular weight is 274 g/mol. The summed E-state index contributed by atoms with van der Waals surface area (Å²) in [4.78, 5) is 9.79. The Morgan fingerprint density at radius 3 is 2.47 bits per heavy atom. The van der Waals surface area contributed by atoms with Crippen molar-refractivity contribution >= 4 is 5.95 Å². The lowest BCUT2D eigenvalue weighted by Gasteiger charge is -2.25. The maximum atomic E-state index is 13.1. The molecule has 1 aromatic heterocycles. The third kappa shape index (κ3) is 2.80. The Morgan fingerprint density at radius 2 is 1.89 bits per heavy atom. The molecule has 0 aromatic carbocycles. The molecule has 0 aliphatic carbocycles. The topological polar surface area (TPSA) is 41.1 Å². The molecule has 2 heterocycles. The van der Waals surface area contributed by atoms with Crippen LogP contribution in [0.2, 0.25) is 0 Å². The SMILES string of the molecule is CCN(CC)c1nc2c(c(C(F)(F)F)n1)CNCC2. The van der Waals surface area contributed by atoms with Crippen molar-refractivity contribution in [2.24, 2.45) is 0 Å². The van der Waals surface area contributed by atoms with E-state index in [-0.39, 0.29) is 18.1 Å². The van der Waals surface area contributed by atoms with Crippen molar-refractivity contribution in [1.29, 1.82) is 0 Å². The monoisotopic (exact) mass is 274 g/mol. The third-order valence-electron chi connectivity index (χ3n) is 3.24. The summed E-state index contributed by atoms with van der Waals surface area (Å²) in [6, 6.07) is 0. The Morgan fingerprint density at radius 1 is 1.21 bits per heavy atom. The predicted octanol–water partition coefficient (Wildman–Crippen LogP) is 1.99. The Labute approximate surface area is 110 Å². The smallest absolute Gasteiger partial charge is 0.341 e. The number of nitrogens with one attached hydrogen (secondary N) is 1. The predicted molar refractivity (Wildman–Crippen MR) is 66.0 cm³/mol. The summed E-state index contributed by atoms with van der Waals surface area (Å²) < 4.78 is 39.3. The van der Waals surface area contributed by atoms with E-state index in [2.05, 4.69) is 15.3 Å². The molecule has 0 unspecified atom stereocenters. The molecule has 7 heteroatoms. The highest BCUT2D eigenvalue weighted by Crippen LogP contribution is 2.33. The van der Waals surface area contributed by atoms with E-state index in [0.29, 0.717) is 31.7 Å². The van der Waals surface area contributed by atoms with Gasteiger partial charge in [-0.25, -0.2) is 9.97 Å². The lowest BCUT2D eigenvalue weighted by Crippen LogP contribution is -2.32. The van der Waals surface area contributed by atoms with Crippen LogP contribution in [-0.4, -0.2) is 29.6 Å². The molecule has 1 aromatic rings. The molecule has 4 nitrogen and oxygen atoms in total. The van der Waals surface area contributed by atoms with Crippen molar-refractivity contribution in [1.82, 2.24) is 15.3 Å². The number of anilines is 1. The van der Waals surface area contributed by atoms with E-state index >= 15 is 0 Å². The van der Waals surface area contributed by atoms with Crippen LogP contribution in [-0.2, 0) is 19.1 Å². The number of aromatic nitrogens is 2. The first-order valence-electron chi connectivity index (χ1n) is 6.40. The lowest BCUT2D eigenvalue weighted by molar-refractivity contribution is -0.142. The van der Waals surface area contributed by atoms with Gasteiger partial charge in [-0.3, -0.25) is 0 Å². The largest absolute Gasteiger partial charge is 0.433 e. The zero-order valence-electron chi connectivity index (χ0n) is 11.0. The van der Waals surface area contributed by atoms with Gasteiger partial charge in [-0.05, 0) is 13.8 Å². The number of hydrogen-bond acceptors (Lipinski definition) is 4. The number of hydrogen-bond donors (Lipinski definition) is 1. The molecule has 0 saturated carbocycles. The van der Waals surface area contributed by atoms with Gasteiger partial charge in [0.1, 0.15) is 0 Å². The van der Waals surface area contributed by atoms with Crippen molar-refractivity contribution < 1.29 is 13.2 Å². The van der Waals surface area contributed by atoms with Crippen LogP contribution in [0.25, 0.3) is 0 Å². The van der Waals surface area contributed by atoms with Crippen molar-refractivity contribution in [2.45, 2.75) is 33.0 Å². The van der Waals surface area contributed by atoms with Crippen LogP contribution in [0.1, 0.15) is 30.8 Å². The normalized spacial score (nSPS) is 15.2. The molecule has 106 valence electrons. The third-order valence-corrected chi connectivity index (χ3v) is 3.24. The van der Waals surface area contributed by atoms with Crippen molar-refractivity contribution in [3.8, 4) is 0 Å². The maximum Gasteiger partial charge on any atom is 0.433 e. The fourth-order valence-corrected chi connectivity index (χ4v) is 2.21. The quantitative estimate of drug-likeness (QED) is 0.915. The highest BCUT2D eigenvalue weighted by molar-refractivity contribution is 5.39. The molecule has 2 rings (SSSR count). The number of fused-ring (bicyclic) bond motifs is 1. The minimum Gasteiger partial charge on any atom is -0.341 e. The van der Waals surface area contributed by atoms with Gasteiger partial charge < -0.3 is 10.2 Å². The van der Waals surface area contributed by atoms with E-state index in [9.17, 15) is 13.2 Å². The minimum absolute atomic E-state index is 0.179. The van der Waals surface area contributed by atoms with Gasteiger partial charge in [-0.2, -0.15) is 13.2 Å². The van der Waals surface area contributed by atoms with Crippen LogP contribution in [0.4, 0.5) is 19.1 Å². The summed E-state index contributed by atoms with van der Waals surface area (Å²) in [5.41, 5.74) is -0.0933. The Hall–Kier alpha value is -1.37. The van der Waals surface area contributed by atoms with E-state index in [1.807, 2.05) is 13.8 Å². The van der Waals surface area contributed by atoms with Crippen LogP contribution in [0, 0.1) is 0 Å². The lowest BCUT2D eigenvalue weighted by atomic mass is 10.1. The van der Waals surface area contributed by atoms with Crippen molar-refractivity contribution in [3.05, 3.63) is 17.0 Å². The average Bonchev–Trinajstić information content (AvgIpc) is 2.38.